The van der Waals surface area contributed by atoms with Crippen molar-refractivity contribution in [3.05, 3.63) is 49.1 Å². The first-order valence-corrected chi connectivity index (χ1v) is 7.48. The van der Waals surface area contributed by atoms with Gasteiger partial charge in [0.2, 0.25) is 5.75 Å². The van der Waals surface area contributed by atoms with Gasteiger partial charge in [0.15, 0.2) is 0 Å². The number of nitro groups is 1. The molecule has 0 aliphatic carbocycles. The van der Waals surface area contributed by atoms with E-state index in [4.69, 9.17) is 9.47 Å². The van der Waals surface area contributed by atoms with Gasteiger partial charge < -0.3 is 14.0 Å². The average Bonchev–Trinajstić information content (AvgIpc) is 2.84. The topological polar surface area (TPSA) is 101 Å². The first-order chi connectivity index (χ1) is 10.9. The SMILES string of the molecule is COc1ccc(OC(=O)CCn2c(C)csc2=O)c([N+](=O)[O-])c1. The molecule has 9 heteroatoms. The average molecular weight is 338 g/mol. The van der Waals surface area contributed by atoms with Crippen molar-refractivity contribution in [3.8, 4) is 11.5 Å². The van der Waals surface area contributed by atoms with E-state index < -0.39 is 10.9 Å². The van der Waals surface area contributed by atoms with E-state index in [1.54, 1.807) is 12.3 Å². The number of hydrogen-bond acceptors (Lipinski definition) is 7. The van der Waals surface area contributed by atoms with Crippen molar-refractivity contribution in [2.75, 3.05) is 7.11 Å². The lowest BCUT2D eigenvalue weighted by Crippen LogP contribution is -2.19. The molecule has 0 fully saturated rings. The summed E-state index contributed by atoms with van der Waals surface area (Å²) >= 11 is 1.05. The van der Waals surface area contributed by atoms with E-state index in [0.717, 1.165) is 17.0 Å². The lowest BCUT2D eigenvalue weighted by atomic mass is 10.3. The van der Waals surface area contributed by atoms with Crippen molar-refractivity contribution in [1.82, 2.24) is 4.57 Å². The number of methoxy groups -OCH3 is 1. The number of rotatable bonds is 6. The summed E-state index contributed by atoms with van der Waals surface area (Å²) in [6.45, 7) is 1.93. The molecule has 2 aromatic rings. The summed E-state index contributed by atoms with van der Waals surface area (Å²) in [4.78, 5) is 33.6. The summed E-state index contributed by atoms with van der Waals surface area (Å²) in [6.07, 6.45) is -0.0688. The molecular formula is C14H14N2O6S. The predicted molar refractivity (Wildman–Crippen MR) is 83.2 cm³/mol. The summed E-state index contributed by atoms with van der Waals surface area (Å²) in [5.41, 5.74) is 0.393. The Labute approximate surface area is 135 Å². The number of nitro benzene ring substituents is 1. The van der Waals surface area contributed by atoms with Crippen LogP contribution in [0.3, 0.4) is 0 Å². The van der Waals surface area contributed by atoms with Crippen molar-refractivity contribution >= 4 is 23.0 Å². The highest BCUT2D eigenvalue weighted by Crippen LogP contribution is 2.31. The number of carbonyl (C=O) groups excluding carboxylic acids is 1. The fourth-order valence-electron chi connectivity index (χ4n) is 1.90. The Bertz CT molecular complexity index is 795. The summed E-state index contributed by atoms with van der Waals surface area (Å²) in [7, 11) is 1.38. The van der Waals surface area contributed by atoms with E-state index in [1.807, 2.05) is 0 Å². The number of benzene rings is 1. The Morgan fingerprint density at radius 1 is 1.43 bits per heavy atom. The number of carbonyl (C=O) groups is 1. The Kier molecular flexibility index (Phi) is 5.12. The normalized spacial score (nSPS) is 10.3. The van der Waals surface area contributed by atoms with E-state index in [2.05, 4.69) is 0 Å². The molecule has 1 heterocycles. The number of nitrogens with zero attached hydrogens (tertiary/aromatic N) is 2. The van der Waals surface area contributed by atoms with Crippen LogP contribution in [-0.2, 0) is 11.3 Å². The van der Waals surface area contributed by atoms with Crippen LogP contribution in [0.4, 0.5) is 5.69 Å². The number of aromatic nitrogens is 1. The van der Waals surface area contributed by atoms with E-state index in [9.17, 15) is 19.7 Å². The van der Waals surface area contributed by atoms with Gasteiger partial charge in [-0.25, -0.2) is 0 Å². The second-order valence-corrected chi connectivity index (χ2v) is 5.43. The molecule has 0 radical (unpaired) electrons. The molecule has 0 unspecified atom stereocenters. The van der Waals surface area contributed by atoms with Crippen LogP contribution in [-0.4, -0.2) is 22.6 Å². The van der Waals surface area contributed by atoms with Crippen molar-refractivity contribution in [2.24, 2.45) is 0 Å². The molecule has 0 saturated heterocycles. The Morgan fingerprint density at radius 2 is 2.17 bits per heavy atom. The van der Waals surface area contributed by atoms with Crippen LogP contribution < -0.4 is 14.3 Å². The van der Waals surface area contributed by atoms with E-state index in [-0.39, 0.29) is 35.0 Å². The Balaban J connectivity index is 2.08. The third kappa shape index (κ3) is 3.95. The first kappa shape index (κ1) is 16.7. The van der Waals surface area contributed by atoms with Crippen LogP contribution >= 0.6 is 11.3 Å². The second kappa shape index (κ2) is 7.05. The van der Waals surface area contributed by atoms with Gasteiger partial charge in [-0.3, -0.25) is 19.7 Å². The molecule has 0 N–H and O–H groups in total. The van der Waals surface area contributed by atoms with Gasteiger partial charge in [0.1, 0.15) is 5.75 Å². The summed E-state index contributed by atoms with van der Waals surface area (Å²) in [5, 5.41) is 12.7. The molecule has 0 aliphatic rings. The Hall–Kier alpha value is -2.68. The highest BCUT2D eigenvalue weighted by atomic mass is 32.1. The number of hydrogen-bond donors (Lipinski definition) is 0. The molecule has 0 amide bonds. The van der Waals surface area contributed by atoms with Crippen LogP contribution in [0, 0.1) is 17.0 Å². The van der Waals surface area contributed by atoms with Gasteiger partial charge in [0.25, 0.3) is 0 Å². The van der Waals surface area contributed by atoms with Gasteiger partial charge in [-0.05, 0) is 19.1 Å². The van der Waals surface area contributed by atoms with Crippen LogP contribution in [0.1, 0.15) is 12.1 Å². The zero-order chi connectivity index (χ0) is 17.0. The minimum atomic E-state index is -0.657. The quantitative estimate of drug-likeness (QED) is 0.346. The first-order valence-electron chi connectivity index (χ1n) is 6.60. The highest BCUT2D eigenvalue weighted by Gasteiger charge is 2.19. The molecule has 8 nitrogen and oxygen atoms in total. The maximum atomic E-state index is 11.9. The molecule has 0 spiro atoms. The predicted octanol–water partition coefficient (Wildman–Crippen LogP) is 2.13. The van der Waals surface area contributed by atoms with Crippen molar-refractivity contribution in [3.63, 3.8) is 0 Å². The Morgan fingerprint density at radius 3 is 2.74 bits per heavy atom. The largest absolute Gasteiger partial charge is 0.496 e. The zero-order valence-corrected chi connectivity index (χ0v) is 13.3. The molecule has 122 valence electrons. The highest BCUT2D eigenvalue weighted by molar-refractivity contribution is 7.07. The van der Waals surface area contributed by atoms with Gasteiger partial charge in [0, 0.05) is 17.6 Å². The zero-order valence-electron chi connectivity index (χ0n) is 12.5. The third-order valence-electron chi connectivity index (χ3n) is 3.10. The standard InChI is InChI=1S/C14H14N2O6S/c1-9-8-23-14(18)15(9)6-5-13(17)22-12-4-3-10(21-2)7-11(12)16(19)20/h3-4,7-8H,5-6H2,1-2H3. The van der Waals surface area contributed by atoms with Crippen LogP contribution in [0.2, 0.25) is 0 Å². The van der Waals surface area contributed by atoms with Crippen LogP contribution in [0.15, 0.2) is 28.4 Å². The number of esters is 1. The number of aryl methyl sites for hydroxylation is 1. The van der Waals surface area contributed by atoms with Gasteiger partial charge in [-0.1, -0.05) is 11.3 Å². The maximum Gasteiger partial charge on any atom is 0.315 e. The monoisotopic (exact) mass is 338 g/mol. The van der Waals surface area contributed by atoms with Crippen LogP contribution in [0.5, 0.6) is 11.5 Å². The molecule has 0 saturated carbocycles. The number of thiazole rings is 1. The molecule has 2 rings (SSSR count). The second-order valence-electron chi connectivity index (χ2n) is 4.61. The fraction of sp³-hybridized carbons (Fsp3) is 0.286. The summed E-state index contributed by atoms with van der Waals surface area (Å²) in [5.74, 6) is -0.525. The van der Waals surface area contributed by atoms with Gasteiger partial charge in [-0.15, -0.1) is 0 Å². The van der Waals surface area contributed by atoms with Crippen molar-refractivity contribution in [2.45, 2.75) is 19.9 Å². The third-order valence-corrected chi connectivity index (χ3v) is 3.98. The lowest BCUT2D eigenvalue weighted by Gasteiger charge is -2.07. The molecule has 0 aliphatic heterocycles. The molecule has 23 heavy (non-hydrogen) atoms. The van der Waals surface area contributed by atoms with E-state index in [0.29, 0.717) is 0 Å². The molecule has 0 atom stereocenters. The van der Waals surface area contributed by atoms with Crippen molar-refractivity contribution in [1.29, 1.82) is 0 Å². The minimum Gasteiger partial charge on any atom is -0.496 e. The summed E-state index contributed by atoms with van der Waals surface area (Å²) < 4.78 is 11.4. The minimum absolute atomic E-state index is 0.0688. The molecule has 0 bridgehead atoms. The van der Waals surface area contributed by atoms with Crippen molar-refractivity contribution < 1.29 is 19.2 Å². The van der Waals surface area contributed by atoms with Gasteiger partial charge >= 0.3 is 16.5 Å². The van der Waals surface area contributed by atoms with Gasteiger partial charge in [0.05, 0.1) is 24.5 Å². The van der Waals surface area contributed by atoms with Crippen LogP contribution in [0.25, 0.3) is 0 Å². The van der Waals surface area contributed by atoms with Gasteiger partial charge in [-0.2, -0.15) is 0 Å². The maximum absolute atomic E-state index is 11.9. The molecular weight excluding hydrogens is 324 g/mol. The lowest BCUT2D eigenvalue weighted by molar-refractivity contribution is -0.385. The smallest absolute Gasteiger partial charge is 0.315 e. The molecule has 1 aromatic heterocycles. The summed E-state index contributed by atoms with van der Waals surface area (Å²) in [6, 6.07) is 3.94. The molecule has 1 aromatic carbocycles. The fourth-order valence-corrected chi connectivity index (χ4v) is 2.67. The number of ether oxygens (including phenoxy) is 2. The van der Waals surface area contributed by atoms with E-state index in [1.165, 1.54) is 29.9 Å². The van der Waals surface area contributed by atoms with E-state index >= 15 is 0 Å².